The van der Waals surface area contributed by atoms with Gasteiger partial charge in [0.1, 0.15) is 11.6 Å². The minimum absolute atomic E-state index is 0.0919. The van der Waals surface area contributed by atoms with Crippen molar-refractivity contribution in [3.8, 4) is 0 Å². The number of rotatable bonds is 1. The van der Waals surface area contributed by atoms with Crippen LogP contribution in [0.4, 0.5) is 4.79 Å². The molecule has 1 amide bonds. The molecule has 0 saturated carbocycles. The van der Waals surface area contributed by atoms with Gasteiger partial charge in [-0.1, -0.05) is 0 Å². The monoisotopic (exact) mass is 259 g/mol. The Hall–Kier alpha value is -1.30. The number of amides is 1. The van der Waals surface area contributed by atoms with E-state index in [1.165, 1.54) is 12.0 Å². The Kier molecular flexibility index (Phi) is 4.56. The highest BCUT2D eigenvalue weighted by Crippen LogP contribution is 2.21. The van der Waals surface area contributed by atoms with Crippen molar-refractivity contribution in [1.29, 1.82) is 0 Å². The van der Waals surface area contributed by atoms with Crippen LogP contribution in [0.1, 0.15) is 33.6 Å². The second-order valence-electron chi connectivity index (χ2n) is 5.40. The maximum Gasteiger partial charge on any atom is 0.411 e. The molecule has 1 N–H and O–H groups in total. The van der Waals surface area contributed by atoms with Crippen LogP contribution in [0.25, 0.3) is 0 Å². The van der Waals surface area contributed by atoms with Crippen LogP contribution in [-0.2, 0) is 14.3 Å². The van der Waals surface area contributed by atoms with Gasteiger partial charge in [-0.05, 0) is 33.6 Å². The molecule has 1 rings (SSSR count). The highest BCUT2D eigenvalue weighted by atomic mass is 16.6. The minimum atomic E-state index is -0.673. The van der Waals surface area contributed by atoms with E-state index < -0.39 is 29.8 Å². The molecular formula is C12H21NO5. The lowest BCUT2D eigenvalue weighted by Gasteiger charge is -2.36. The number of carbonyl (C=O) groups is 2. The normalized spacial score (nSPS) is 24.6. The number of hydrogen-bond donors (Lipinski definition) is 1. The van der Waals surface area contributed by atoms with Crippen molar-refractivity contribution in [2.24, 2.45) is 0 Å². The number of carbonyl (C=O) groups excluding carboxylic acids is 2. The van der Waals surface area contributed by atoms with Crippen LogP contribution in [-0.4, -0.2) is 53.5 Å². The highest BCUT2D eigenvalue weighted by molar-refractivity contribution is 5.81. The first kappa shape index (κ1) is 14.8. The van der Waals surface area contributed by atoms with E-state index in [4.69, 9.17) is 4.74 Å². The summed E-state index contributed by atoms with van der Waals surface area (Å²) >= 11 is 0. The topological polar surface area (TPSA) is 76.1 Å². The van der Waals surface area contributed by atoms with Crippen LogP contribution in [0.3, 0.4) is 0 Å². The smallest absolute Gasteiger partial charge is 0.411 e. The number of aliphatic hydroxyl groups excluding tert-OH is 1. The predicted molar refractivity (Wildman–Crippen MR) is 64.0 cm³/mol. The summed E-state index contributed by atoms with van der Waals surface area (Å²) < 4.78 is 9.88. The summed E-state index contributed by atoms with van der Waals surface area (Å²) in [4.78, 5) is 24.8. The fraction of sp³-hybridized carbons (Fsp3) is 0.833. The number of aliphatic hydroxyl groups is 1. The number of piperidine rings is 1. The van der Waals surface area contributed by atoms with Crippen LogP contribution < -0.4 is 0 Å². The van der Waals surface area contributed by atoms with Crippen LogP contribution >= 0.6 is 0 Å². The molecule has 1 unspecified atom stereocenters. The number of nitrogens with zero attached hydrogens (tertiary/aromatic N) is 1. The number of hydrogen-bond acceptors (Lipinski definition) is 5. The van der Waals surface area contributed by atoms with Crippen LogP contribution in [0.15, 0.2) is 0 Å². The van der Waals surface area contributed by atoms with Crippen molar-refractivity contribution < 1.29 is 24.2 Å². The third-order valence-corrected chi connectivity index (χ3v) is 2.66. The van der Waals surface area contributed by atoms with Gasteiger partial charge in [-0.25, -0.2) is 9.59 Å². The van der Waals surface area contributed by atoms with Crippen molar-refractivity contribution >= 4 is 12.1 Å². The zero-order chi connectivity index (χ0) is 13.9. The van der Waals surface area contributed by atoms with Gasteiger partial charge in [0.15, 0.2) is 0 Å². The summed E-state index contributed by atoms with van der Waals surface area (Å²) in [5.41, 5.74) is -0.639. The number of likely N-dealkylation sites (tertiary alicyclic amines) is 1. The highest BCUT2D eigenvalue weighted by Gasteiger charge is 2.38. The maximum atomic E-state index is 12.0. The van der Waals surface area contributed by atoms with Crippen LogP contribution in [0, 0.1) is 0 Å². The summed E-state index contributed by atoms with van der Waals surface area (Å²) in [6.45, 7) is 5.34. The largest absolute Gasteiger partial charge is 0.467 e. The van der Waals surface area contributed by atoms with E-state index in [0.717, 1.165) is 0 Å². The van der Waals surface area contributed by atoms with Gasteiger partial charge in [0.25, 0.3) is 0 Å². The molecule has 0 bridgehead atoms. The molecule has 0 aromatic rings. The Morgan fingerprint density at radius 1 is 1.28 bits per heavy atom. The molecule has 6 heteroatoms. The lowest BCUT2D eigenvalue weighted by atomic mass is 10.0. The first-order valence-electron chi connectivity index (χ1n) is 6.00. The molecule has 104 valence electrons. The Bertz CT molecular complexity index is 323. The standard InChI is InChI=1S/C12H21NO5/c1-12(2,3)18-11(16)13-7-8(14)5-6-9(13)10(15)17-4/h8-9,14H,5-7H2,1-4H3/t8?,9-/m1/s1. The molecule has 0 radical (unpaired) electrons. The number of β-amino-alcohol motifs (C(OH)–C–C–N with tert-alkyl or cyclic N) is 1. The molecular weight excluding hydrogens is 238 g/mol. The van der Waals surface area contributed by atoms with Gasteiger partial charge in [0.05, 0.1) is 19.8 Å². The number of methoxy groups -OCH3 is 1. The molecule has 1 saturated heterocycles. The van der Waals surface area contributed by atoms with Crippen molar-refractivity contribution in [2.75, 3.05) is 13.7 Å². The summed E-state index contributed by atoms with van der Waals surface area (Å²) in [6.07, 6.45) is -0.373. The van der Waals surface area contributed by atoms with Crippen LogP contribution in [0.5, 0.6) is 0 Å². The maximum absolute atomic E-state index is 12.0. The van der Waals surface area contributed by atoms with E-state index in [1.54, 1.807) is 20.8 Å². The molecule has 1 heterocycles. The average Bonchev–Trinajstić information content (AvgIpc) is 2.25. The van der Waals surface area contributed by atoms with E-state index in [-0.39, 0.29) is 6.54 Å². The lowest BCUT2D eigenvalue weighted by Crippen LogP contribution is -2.53. The molecule has 0 aromatic heterocycles. The SMILES string of the molecule is COC(=O)[C@H]1CCC(O)CN1C(=O)OC(C)(C)C. The zero-order valence-electron chi connectivity index (χ0n) is 11.3. The fourth-order valence-electron chi connectivity index (χ4n) is 1.86. The van der Waals surface area contributed by atoms with Gasteiger partial charge in [0, 0.05) is 0 Å². The van der Waals surface area contributed by atoms with Crippen molar-refractivity contribution in [3.63, 3.8) is 0 Å². The van der Waals surface area contributed by atoms with Crippen LogP contribution in [0.2, 0.25) is 0 Å². The molecule has 2 atom stereocenters. The van der Waals surface area contributed by atoms with Gasteiger partial charge in [0.2, 0.25) is 0 Å². The Morgan fingerprint density at radius 3 is 2.39 bits per heavy atom. The van der Waals surface area contributed by atoms with Gasteiger partial charge in [-0.15, -0.1) is 0 Å². The molecule has 0 aromatic carbocycles. The van der Waals surface area contributed by atoms with E-state index in [0.29, 0.717) is 12.8 Å². The molecule has 0 spiro atoms. The summed E-state index contributed by atoms with van der Waals surface area (Å²) in [5.74, 6) is -0.479. The molecule has 18 heavy (non-hydrogen) atoms. The Labute approximate surface area is 107 Å². The summed E-state index contributed by atoms with van der Waals surface area (Å²) in [7, 11) is 1.28. The lowest BCUT2D eigenvalue weighted by molar-refractivity contribution is -0.149. The summed E-state index contributed by atoms with van der Waals surface area (Å²) in [6, 6.07) is -0.673. The van der Waals surface area contributed by atoms with E-state index in [2.05, 4.69) is 4.74 Å². The van der Waals surface area contributed by atoms with Gasteiger partial charge in [-0.3, -0.25) is 4.90 Å². The van der Waals surface area contributed by atoms with Crippen molar-refractivity contribution in [3.05, 3.63) is 0 Å². The Morgan fingerprint density at radius 2 is 1.89 bits per heavy atom. The molecule has 6 nitrogen and oxygen atoms in total. The zero-order valence-corrected chi connectivity index (χ0v) is 11.3. The fourth-order valence-corrected chi connectivity index (χ4v) is 1.86. The summed E-state index contributed by atoms with van der Waals surface area (Å²) in [5, 5.41) is 9.60. The average molecular weight is 259 g/mol. The Balaban J connectivity index is 2.78. The number of ether oxygens (including phenoxy) is 2. The molecule has 1 aliphatic rings. The second kappa shape index (κ2) is 5.56. The second-order valence-corrected chi connectivity index (χ2v) is 5.40. The van der Waals surface area contributed by atoms with Crippen molar-refractivity contribution in [2.45, 2.75) is 51.4 Å². The molecule has 0 aliphatic carbocycles. The number of esters is 1. The van der Waals surface area contributed by atoms with Crippen molar-refractivity contribution in [1.82, 2.24) is 4.90 Å². The van der Waals surface area contributed by atoms with Gasteiger partial charge in [-0.2, -0.15) is 0 Å². The first-order chi connectivity index (χ1) is 8.24. The first-order valence-corrected chi connectivity index (χ1v) is 6.00. The third-order valence-electron chi connectivity index (χ3n) is 2.66. The minimum Gasteiger partial charge on any atom is -0.467 e. The third kappa shape index (κ3) is 3.87. The van der Waals surface area contributed by atoms with E-state index in [9.17, 15) is 14.7 Å². The predicted octanol–water partition coefficient (Wildman–Crippen LogP) is 0.920. The molecule has 1 fully saturated rings. The molecule has 1 aliphatic heterocycles. The van der Waals surface area contributed by atoms with Gasteiger partial charge >= 0.3 is 12.1 Å². The van der Waals surface area contributed by atoms with Gasteiger partial charge < -0.3 is 14.6 Å². The quantitative estimate of drug-likeness (QED) is 0.709. The van der Waals surface area contributed by atoms with E-state index >= 15 is 0 Å². The van der Waals surface area contributed by atoms with E-state index in [1.807, 2.05) is 0 Å².